The smallest absolute Gasteiger partial charge is 0.0637 e. The molecule has 0 aromatic heterocycles. The predicted octanol–water partition coefficient (Wildman–Crippen LogP) is 2.43. The minimum Gasteiger partial charge on any atom is -0.286 e. The first-order chi connectivity index (χ1) is 4.65. The Labute approximate surface area is 62.9 Å². The highest BCUT2D eigenvalue weighted by atomic mass is 14.8. The molecule has 0 aromatic rings. The maximum Gasteiger partial charge on any atom is 0.0637 e. The predicted molar refractivity (Wildman–Crippen MR) is 45.5 cm³/mol. The molecule has 1 atom stereocenters. The summed E-state index contributed by atoms with van der Waals surface area (Å²) in [7, 11) is 0. The summed E-state index contributed by atoms with van der Waals surface area (Å²) in [5.74, 6) is 0.633. The molecule has 1 heterocycles. The first-order valence-electron chi connectivity index (χ1n) is 3.85. The van der Waals surface area contributed by atoms with Gasteiger partial charge in [0, 0.05) is 6.21 Å². The molecule has 56 valence electrons. The molecule has 1 heteroatoms. The lowest BCUT2D eigenvalue weighted by Crippen LogP contribution is -2.29. The summed E-state index contributed by atoms with van der Waals surface area (Å²) in [6.45, 7) is 6.64. The average molecular weight is 137 g/mol. The third-order valence-corrected chi connectivity index (χ3v) is 2.37. The van der Waals surface area contributed by atoms with Gasteiger partial charge in [-0.2, -0.15) is 0 Å². The summed E-state index contributed by atoms with van der Waals surface area (Å²) in [6, 6.07) is 0. The van der Waals surface area contributed by atoms with Gasteiger partial charge in [-0.15, -0.1) is 0 Å². The van der Waals surface area contributed by atoms with Crippen LogP contribution in [0.15, 0.2) is 17.1 Å². The van der Waals surface area contributed by atoms with Crippen LogP contribution in [0.25, 0.3) is 0 Å². The van der Waals surface area contributed by atoms with Crippen molar-refractivity contribution in [2.45, 2.75) is 32.7 Å². The number of nitrogens with zero attached hydrogens (tertiary/aromatic N) is 1. The maximum absolute atomic E-state index is 4.45. The van der Waals surface area contributed by atoms with Gasteiger partial charge in [0.2, 0.25) is 0 Å². The molecule has 0 aliphatic carbocycles. The van der Waals surface area contributed by atoms with Crippen LogP contribution in [0, 0.1) is 5.92 Å². The SMILES string of the molecule is CC(C)C1(C)CC=CC=N1. The number of dihydropyridines is 1. The molecule has 0 aromatic carbocycles. The number of aliphatic imine (C=N–C) groups is 1. The van der Waals surface area contributed by atoms with Crippen molar-refractivity contribution in [1.82, 2.24) is 0 Å². The second-order valence-electron chi connectivity index (χ2n) is 3.42. The Balaban J connectivity index is 2.70. The van der Waals surface area contributed by atoms with E-state index in [1.165, 1.54) is 0 Å². The van der Waals surface area contributed by atoms with E-state index in [1.807, 2.05) is 12.3 Å². The summed E-state index contributed by atoms with van der Waals surface area (Å²) in [6.07, 6.45) is 7.20. The zero-order valence-electron chi connectivity index (χ0n) is 6.96. The normalized spacial score (nSPS) is 31.6. The molecule has 10 heavy (non-hydrogen) atoms. The van der Waals surface area contributed by atoms with Crippen molar-refractivity contribution in [1.29, 1.82) is 0 Å². The third kappa shape index (κ3) is 1.28. The van der Waals surface area contributed by atoms with E-state index in [-0.39, 0.29) is 5.54 Å². The van der Waals surface area contributed by atoms with Crippen molar-refractivity contribution in [3.8, 4) is 0 Å². The Morgan fingerprint density at radius 1 is 1.50 bits per heavy atom. The topological polar surface area (TPSA) is 12.4 Å². The van der Waals surface area contributed by atoms with Crippen LogP contribution in [0.3, 0.4) is 0 Å². The number of hydrogen-bond donors (Lipinski definition) is 0. The van der Waals surface area contributed by atoms with Crippen LogP contribution < -0.4 is 0 Å². The summed E-state index contributed by atoms with van der Waals surface area (Å²) < 4.78 is 0. The van der Waals surface area contributed by atoms with E-state index in [0.717, 1.165) is 6.42 Å². The molecule has 1 unspecified atom stereocenters. The Morgan fingerprint density at radius 2 is 2.20 bits per heavy atom. The van der Waals surface area contributed by atoms with Crippen LogP contribution in [0.5, 0.6) is 0 Å². The Morgan fingerprint density at radius 3 is 2.50 bits per heavy atom. The number of allylic oxidation sites excluding steroid dienone is 1. The minimum atomic E-state index is 0.161. The van der Waals surface area contributed by atoms with E-state index < -0.39 is 0 Å². The van der Waals surface area contributed by atoms with Gasteiger partial charge in [-0.3, -0.25) is 4.99 Å². The molecule has 1 aliphatic rings. The molecule has 0 N–H and O–H groups in total. The number of hydrogen-bond acceptors (Lipinski definition) is 1. The second kappa shape index (κ2) is 2.57. The Kier molecular flexibility index (Phi) is 1.93. The largest absolute Gasteiger partial charge is 0.286 e. The molecule has 0 saturated carbocycles. The van der Waals surface area contributed by atoms with Crippen molar-refractivity contribution in [2.24, 2.45) is 10.9 Å². The van der Waals surface area contributed by atoms with Crippen LogP contribution in [-0.2, 0) is 0 Å². The highest BCUT2D eigenvalue weighted by molar-refractivity contribution is 5.72. The summed E-state index contributed by atoms with van der Waals surface area (Å²) in [5.41, 5.74) is 0.161. The molecule has 0 amide bonds. The lowest BCUT2D eigenvalue weighted by molar-refractivity contribution is 0.346. The number of rotatable bonds is 1. The molecule has 0 radical (unpaired) electrons. The van der Waals surface area contributed by atoms with E-state index in [4.69, 9.17) is 0 Å². The Bertz CT molecular complexity index is 168. The van der Waals surface area contributed by atoms with Gasteiger partial charge in [0.25, 0.3) is 0 Å². The van der Waals surface area contributed by atoms with Crippen molar-refractivity contribution in [2.75, 3.05) is 0 Å². The first kappa shape index (κ1) is 7.52. The van der Waals surface area contributed by atoms with E-state index in [2.05, 4.69) is 31.8 Å². The van der Waals surface area contributed by atoms with Crippen LogP contribution in [-0.4, -0.2) is 11.8 Å². The van der Waals surface area contributed by atoms with Crippen molar-refractivity contribution >= 4 is 6.21 Å². The van der Waals surface area contributed by atoms with E-state index in [1.54, 1.807) is 0 Å². The van der Waals surface area contributed by atoms with Crippen LogP contribution in [0.2, 0.25) is 0 Å². The van der Waals surface area contributed by atoms with Gasteiger partial charge < -0.3 is 0 Å². The third-order valence-electron chi connectivity index (χ3n) is 2.37. The zero-order chi connectivity index (χ0) is 7.61. The highest BCUT2D eigenvalue weighted by Gasteiger charge is 2.25. The molecule has 1 nitrogen and oxygen atoms in total. The van der Waals surface area contributed by atoms with Crippen molar-refractivity contribution < 1.29 is 0 Å². The van der Waals surface area contributed by atoms with E-state index in [9.17, 15) is 0 Å². The first-order valence-corrected chi connectivity index (χ1v) is 3.85. The molecule has 0 saturated heterocycles. The molecular formula is C9H15N. The molecule has 0 spiro atoms. The second-order valence-corrected chi connectivity index (χ2v) is 3.42. The van der Waals surface area contributed by atoms with Gasteiger partial charge in [-0.05, 0) is 25.3 Å². The average Bonchev–Trinajstić information content (AvgIpc) is 1.89. The van der Waals surface area contributed by atoms with Crippen molar-refractivity contribution in [3.05, 3.63) is 12.2 Å². The van der Waals surface area contributed by atoms with Gasteiger partial charge in [0.15, 0.2) is 0 Å². The van der Waals surface area contributed by atoms with Crippen LogP contribution in [0.4, 0.5) is 0 Å². The minimum absolute atomic E-state index is 0.161. The molecular weight excluding hydrogens is 122 g/mol. The quantitative estimate of drug-likeness (QED) is 0.526. The molecule has 0 fully saturated rings. The fraction of sp³-hybridized carbons (Fsp3) is 0.667. The lowest BCUT2D eigenvalue weighted by atomic mass is 9.85. The van der Waals surface area contributed by atoms with Crippen molar-refractivity contribution in [3.63, 3.8) is 0 Å². The van der Waals surface area contributed by atoms with Gasteiger partial charge in [0.05, 0.1) is 5.54 Å². The molecule has 0 bridgehead atoms. The summed E-state index contributed by atoms with van der Waals surface area (Å²) in [5, 5.41) is 0. The van der Waals surface area contributed by atoms with Gasteiger partial charge in [0.1, 0.15) is 0 Å². The fourth-order valence-electron chi connectivity index (χ4n) is 1.02. The monoisotopic (exact) mass is 137 g/mol. The van der Waals surface area contributed by atoms with Gasteiger partial charge in [-0.1, -0.05) is 19.9 Å². The zero-order valence-corrected chi connectivity index (χ0v) is 6.96. The summed E-state index contributed by atoms with van der Waals surface area (Å²) in [4.78, 5) is 4.45. The summed E-state index contributed by atoms with van der Waals surface area (Å²) >= 11 is 0. The van der Waals surface area contributed by atoms with E-state index in [0.29, 0.717) is 5.92 Å². The van der Waals surface area contributed by atoms with Gasteiger partial charge in [-0.25, -0.2) is 0 Å². The van der Waals surface area contributed by atoms with Crippen LogP contribution in [0.1, 0.15) is 27.2 Å². The lowest BCUT2D eigenvalue weighted by Gasteiger charge is -2.29. The van der Waals surface area contributed by atoms with Gasteiger partial charge >= 0.3 is 0 Å². The molecule has 1 rings (SSSR count). The van der Waals surface area contributed by atoms with Crippen LogP contribution >= 0.6 is 0 Å². The fourth-order valence-corrected chi connectivity index (χ4v) is 1.02. The highest BCUT2D eigenvalue weighted by Crippen LogP contribution is 2.27. The molecule has 1 aliphatic heterocycles. The Hall–Kier alpha value is -0.590. The maximum atomic E-state index is 4.45. The van der Waals surface area contributed by atoms with E-state index >= 15 is 0 Å². The standard InChI is InChI=1S/C9H15N/c1-8(2)9(3)6-4-5-7-10-9/h4-5,7-8H,6H2,1-3H3.